The molecule has 6 nitrogen and oxygen atoms in total. The van der Waals surface area contributed by atoms with Crippen LogP contribution in [0.1, 0.15) is 21.7 Å². The molecular formula is C20H21FN4O2. The first kappa shape index (κ1) is 18.7. The number of hydrogen-bond donors (Lipinski definition) is 1. The van der Waals surface area contributed by atoms with Crippen molar-refractivity contribution in [3.05, 3.63) is 65.2 Å². The maximum absolute atomic E-state index is 13.3. The first-order valence-electron chi connectivity index (χ1n) is 8.57. The topological polar surface area (TPSA) is 69.0 Å². The van der Waals surface area contributed by atoms with Gasteiger partial charge in [0.15, 0.2) is 5.82 Å². The van der Waals surface area contributed by atoms with Gasteiger partial charge in [-0.05, 0) is 55.3 Å². The van der Waals surface area contributed by atoms with E-state index < -0.39 is 0 Å². The van der Waals surface area contributed by atoms with Crippen LogP contribution in [0.4, 0.5) is 4.39 Å². The number of nitrogens with zero attached hydrogens (tertiary/aromatic N) is 3. The van der Waals surface area contributed by atoms with Crippen LogP contribution < -0.4 is 5.32 Å². The van der Waals surface area contributed by atoms with Crippen molar-refractivity contribution in [2.75, 3.05) is 20.3 Å². The molecule has 0 bridgehead atoms. The molecule has 1 N–H and O–H groups in total. The number of methoxy groups -OCH3 is 1. The Bertz CT molecular complexity index is 951. The molecule has 0 aliphatic carbocycles. The lowest BCUT2D eigenvalue weighted by atomic mass is 10.1. The number of ether oxygens (including phenoxy) is 1. The van der Waals surface area contributed by atoms with Crippen molar-refractivity contribution in [3.8, 4) is 17.1 Å². The van der Waals surface area contributed by atoms with Gasteiger partial charge in [-0.1, -0.05) is 12.1 Å². The summed E-state index contributed by atoms with van der Waals surface area (Å²) in [6.45, 7) is 4.70. The lowest BCUT2D eigenvalue weighted by Crippen LogP contribution is -2.28. The van der Waals surface area contributed by atoms with Gasteiger partial charge in [-0.3, -0.25) is 4.79 Å². The number of carbonyl (C=O) groups excluding carboxylic acids is 1. The van der Waals surface area contributed by atoms with E-state index in [1.807, 2.05) is 32.0 Å². The minimum absolute atomic E-state index is 0.0475. The van der Waals surface area contributed by atoms with E-state index in [4.69, 9.17) is 4.74 Å². The zero-order chi connectivity index (χ0) is 19.4. The summed E-state index contributed by atoms with van der Waals surface area (Å²) in [5.74, 6) is -0.208. The molecule has 2 aromatic carbocycles. The second kappa shape index (κ2) is 8.09. The maximum atomic E-state index is 13.3. The van der Waals surface area contributed by atoms with Crippen molar-refractivity contribution in [2.45, 2.75) is 13.8 Å². The molecule has 0 aliphatic heterocycles. The summed E-state index contributed by atoms with van der Waals surface area (Å²) in [5, 5.41) is 7.14. The third-order valence-electron chi connectivity index (χ3n) is 4.10. The first-order chi connectivity index (χ1) is 13.0. The van der Waals surface area contributed by atoms with Crippen LogP contribution in [0.2, 0.25) is 0 Å². The molecule has 0 radical (unpaired) electrons. The van der Waals surface area contributed by atoms with Crippen molar-refractivity contribution in [1.29, 1.82) is 0 Å². The minimum atomic E-state index is -0.389. The summed E-state index contributed by atoms with van der Waals surface area (Å²) in [7, 11) is 1.56. The number of rotatable bonds is 6. The van der Waals surface area contributed by atoms with Gasteiger partial charge in [-0.25, -0.2) is 14.1 Å². The Morgan fingerprint density at radius 3 is 2.63 bits per heavy atom. The molecule has 0 atom stereocenters. The van der Waals surface area contributed by atoms with Gasteiger partial charge >= 0.3 is 0 Å². The largest absolute Gasteiger partial charge is 0.383 e. The van der Waals surface area contributed by atoms with E-state index in [2.05, 4.69) is 15.4 Å². The van der Waals surface area contributed by atoms with Gasteiger partial charge in [-0.2, -0.15) is 0 Å². The molecular weight excluding hydrogens is 347 g/mol. The van der Waals surface area contributed by atoms with Crippen LogP contribution in [0.15, 0.2) is 42.5 Å². The second-order valence-corrected chi connectivity index (χ2v) is 6.22. The number of amides is 1. The Labute approximate surface area is 157 Å². The molecule has 3 aromatic rings. The van der Waals surface area contributed by atoms with E-state index in [1.165, 1.54) is 12.1 Å². The predicted molar refractivity (Wildman–Crippen MR) is 100 cm³/mol. The highest BCUT2D eigenvalue weighted by Gasteiger charge is 2.19. The van der Waals surface area contributed by atoms with Crippen LogP contribution >= 0.6 is 0 Å². The molecule has 0 spiro atoms. The molecule has 1 amide bonds. The Hall–Kier alpha value is -3.06. The zero-order valence-electron chi connectivity index (χ0n) is 15.5. The van der Waals surface area contributed by atoms with Gasteiger partial charge in [0.05, 0.1) is 12.3 Å². The normalized spacial score (nSPS) is 10.8. The van der Waals surface area contributed by atoms with E-state index in [-0.39, 0.29) is 17.5 Å². The van der Waals surface area contributed by atoms with Crippen molar-refractivity contribution >= 4 is 5.91 Å². The average Bonchev–Trinajstić information content (AvgIpc) is 3.09. The molecule has 3 rings (SSSR count). The molecule has 140 valence electrons. The fraction of sp³-hybridized carbons (Fsp3) is 0.250. The third kappa shape index (κ3) is 4.20. The monoisotopic (exact) mass is 368 g/mol. The molecule has 7 heteroatoms. The number of aromatic nitrogens is 3. The number of halogens is 1. The molecule has 1 heterocycles. The fourth-order valence-electron chi connectivity index (χ4n) is 2.66. The highest BCUT2D eigenvalue weighted by molar-refractivity contribution is 5.91. The summed E-state index contributed by atoms with van der Waals surface area (Å²) in [5.41, 5.74) is 3.53. The van der Waals surface area contributed by atoms with Crippen LogP contribution in [0.3, 0.4) is 0 Å². The van der Waals surface area contributed by atoms with Crippen LogP contribution in [0, 0.1) is 19.7 Å². The quantitative estimate of drug-likeness (QED) is 0.679. The van der Waals surface area contributed by atoms with Gasteiger partial charge in [0, 0.05) is 19.2 Å². The average molecular weight is 368 g/mol. The number of nitrogens with one attached hydrogen (secondary N) is 1. The molecule has 0 aliphatic rings. The van der Waals surface area contributed by atoms with E-state index in [1.54, 1.807) is 23.9 Å². The van der Waals surface area contributed by atoms with Crippen LogP contribution in [0.5, 0.6) is 0 Å². The molecule has 0 saturated heterocycles. The Morgan fingerprint density at radius 1 is 1.19 bits per heavy atom. The third-order valence-corrected chi connectivity index (χ3v) is 4.10. The van der Waals surface area contributed by atoms with Crippen molar-refractivity contribution in [1.82, 2.24) is 20.1 Å². The van der Waals surface area contributed by atoms with Crippen LogP contribution in [0.25, 0.3) is 17.1 Å². The molecule has 0 unspecified atom stereocenters. The number of aryl methyl sites for hydroxylation is 2. The Kier molecular flexibility index (Phi) is 5.61. The standard InChI is InChI=1S/C20H21FN4O2/c1-13-4-5-14(2)17(12-13)25-19(15-6-8-16(21)9-7-15)23-18(24-25)20(26)22-10-11-27-3/h4-9,12H,10-11H2,1-3H3,(H,22,26). The van der Waals surface area contributed by atoms with Gasteiger partial charge in [-0.15, -0.1) is 5.10 Å². The van der Waals surface area contributed by atoms with Gasteiger partial charge in [0.25, 0.3) is 5.91 Å². The number of carbonyl (C=O) groups is 1. The molecule has 1 aromatic heterocycles. The first-order valence-corrected chi connectivity index (χ1v) is 8.57. The lowest BCUT2D eigenvalue weighted by Gasteiger charge is -2.10. The molecule has 0 fully saturated rings. The Morgan fingerprint density at radius 2 is 1.93 bits per heavy atom. The smallest absolute Gasteiger partial charge is 0.291 e. The number of hydrogen-bond acceptors (Lipinski definition) is 4. The maximum Gasteiger partial charge on any atom is 0.291 e. The SMILES string of the molecule is COCCNC(=O)c1nc(-c2ccc(F)cc2)n(-c2cc(C)ccc2C)n1. The summed E-state index contributed by atoms with van der Waals surface area (Å²) in [6.07, 6.45) is 0. The summed E-state index contributed by atoms with van der Waals surface area (Å²) >= 11 is 0. The lowest BCUT2D eigenvalue weighted by molar-refractivity contribution is 0.0927. The number of benzene rings is 2. The predicted octanol–water partition coefficient (Wildman–Crippen LogP) is 3.07. The van der Waals surface area contributed by atoms with E-state index >= 15 is 0 Å². The zero-order valence-corrected chi connectivity index (χ0v) is 15.5. The van der Waals surface area contributed by atoms with E-state index in [0.717, 1.165) is 16.8 Å². The summed E-state index contributed by atoms with van der Waals surface area (Å²) in [4.78, 5) is 16.8. The van der Waals surface area contributed by atoms with Crippen LogP contribution in [-0.4, -0.2) is 40.9 Å². The van der Waals surface area contributed by atoms with Gasteiger partial charge in [0.2, 0.25) is 5.82 Å². The minimum Gasteiger partial charge on any atom is -0.383 e. The molecule has 27 heavy (non-hydrogen) atoms. The summed E-state index contributed by atoms with van der Waals surface area (Å²) < 4.78 is 19.9. The highest BCUT2D eigenvalue weighted by atomic mass is 19.1. The molecule has 0 saturated carbocycles. The van der Waals surface area contributed by atoms with E-state index in [0.29, 0.717) is 24.5 Å². The van der Waals surface area contributed by atoms with E-state index in [9.17, 15) is 9.18 Å². The van der Waals surface area contributed by atoms with Crippen molar-refractivity contribution < 1.29 is 13.9 Å². The summed E-state index contributed by atoms with van der Waals surface area (Å²) in [6, 6.07) is 11.9. The van der Waals surface area contributed by atoms with Crippen molar-refractivity contribution in [2.24, 2.45) is 0 Å². The fourth-order valence-corrected chi connectivity index (χ4v) is 2.66. The van der Waals surface area contributed by atoms with Gasteiger partial charge < -0.3 is 10.1 Å². The van der Waals surface area contributed by atoms with Crippen molar-refractivity contribution in [3.63, 3.8) is 0 Å². The van der Waals surface area contributed by atoms with Crippen LogP contribution in [-0.2, 0) is 4.74 Å². The van der Waals surface area contributed by atoms with Gasteiger partial charge in [0.1, 0.15) is 5.82 Å². The second-order valence-electron chi connectivity index (χ2n) is 6.22. The highest BCUT2D eigenvalue weighted by Crippen LogP contribution is 2.24. The Balaban J connectivity index is 2.08.